The van der Waals surface area contributed by atoms with Gasteiger partial charge in [-0.1, -0.05) is 5.11 Å². The molecule has 0 saturated carbocycles. The zero-order valence-electron chi connectivity index (χ0n) is 14.9. The molecule has 1 unspecified atom stereocenters. The first-order valence-corrected chi connectivity index (χ1v) is 7.77. The van der Waals surface area contributed by atoms with Crippen LogP contribution in [0.15, 0.2) is 5.11 Å². The minimum atomic E-state index is -1.70. The number of rotatable bonds is 7. The van der Waals surface area contributed by atoms with Gasteiger partial charge in [0.05, 0.1) is 0 Å². The molecule has 0 aliphatic carbocycles. The Labute approximate surface area is 153 Å². The zero-order valence-corrected chi connectivity index (χ0v) is 14.9. The second-order valence-corrected chi connectivity index (χ2v) is 5.50. The molecule has 2 N–H and O–H groups in total. The molecule has 1 saturated heterocycles. The van der Waals surface area contributed by atoms with Crippen LogP contribution in [0.2, 0.25) is 0 Å². The number of carbonyl (C=O) groups excluding carboxylic acids is 4. The van der Waals surface area contributed by atoms with Gasteiger partial charge in [-0.25, -0.2) is 0 Å². The largest absolute Gasteiger partial charge is 0.463 e. The Bertz CT molecular complexity index is 634. The highest BCUT2D eigenvalue weighted by atomic mass is 16.7. The maximum Gasteiger partial charge on any atom is 0.303 e. The van der Waals surface area contributed by atoms with Crippen LogP contribution in [0.3, 0.4) is 0 Å². The van der Waals surface area contributed by atoms with Crippen LogP contribution >= 0.6 is 0 Å². The summed E-state index contributed by atoms with van der Waals surface area (Å²) in [5.41, 5.74) is 8.26. The van der Waals surface area contributed by atoms with Gasteiger partial charge in [-0.05, 0) is 5.53 Å². The number of ether oxygens (including phenoxy) is 4. The summed E-state index contributed by atoms with van der Waals surface area (Å²) in [7, 11) is 0. The molecule has 0 aromatic carbocycles. The summed E-state index contributed by atoms with van der Waals surface area (Å²) >= 11 is 0. The summed E-state index contributed by atoms with van der Waals surface area (Å²) < 4.78 is 20.3. The maximum atomic E-state index is 11.8. The van der Waals surface area contributed by atoms with E-state index in [9.17, 15) is 24.3 Å². The molecule has 1 aliphatic rings. The molecular formula is C14H20N4O9. The first kappa shape index (κ1) is 22.2. The first-order chi connectivity index (χ1) is 12.6. The van der Waals surface area contributed by atoms with Gasteiger partial charge >= 0.3 is 17.9 Å². The lowest BCUT2D eigenvalue weighted by Crippen LogP contribution is -2.66. The Kier molecular flexibility index (Phi) is 8.45. The van der Waals surface area contributed by atoms with Crippen LogP contribution in [0.5, 0.6) is 0 Å². The average Bonchev–Trinajstić information content (AvgIpc) is 2.56. The highest BCUT2D eigenvalue weighted by Gasteiger charge is 2.50. The van der Waals surface area contributed by atoms with Crippen LogP contribution in [0.1, 0.15) is 20.8 Å². The number of carbonyl (C=O) groups is 4. The minimum absolute atomic E-state index is 0.401. The van der Waals surface area contributed by atoms with Crippen molar-refractivity contribution in [2.24, 2.45) is 5.11 Å². The SMILES string of the molecule is CC(=O)OC[C@H]1OC(O)[C@H](NC(=O)CN=[N+]=[N-])[C@@H](OC(C)=O)[C@H]1OC(C)=O. The van der Waals surface area contributed by atoms with Crippen molar-refractivity contribution in [3.8, 4) is 0 Å². The van der Waals surface area contributed by atoms with Crippen molar-refractivity contribution in [2.45, 2.75) is 51.4 Å². The van der Waals surface area contributed by atoms with Gasteiger partial charge in [0.2, 0.25) is 5.91 Å². The number of esters is 3. The smallest absolute Gasteiger partial charge is 0.303 e. The molecule has 1 heterocycles. The number of nitrogens with one attached hydrogen (secondary N) is 1. The standard InChI is InChI=1S/C14H20N4O9/c1-6(19)24-5-9-12(25-7(2)20)13(26-8(3)21)11(14(23)27-9)17-10(22)4-16-18-15/h9,11-14,23H,4-5H2,1-3H3,(H,17,22)/t9-,11-,12+,13-,14?/m1/s1. The molecule has 0 aromatic heterocycles. The van der Waals surface area contributed by atoms with E-state index in [4.69, 9.17) is 24.5 Å². The van der Waals surface area contributed by atoms with Crippen molar-refractivity contribution in [1.29, 1.82) is 0 Å². The van der Waals surface area contributed by atoms with Gasteiger partial charge in [0.1, 0.15) is 25.3 Å². The predicted molar refractivity (Wildman–Crippen MR) is 84.6 cm³/mol. The van der Waals surface area contributed by atoms with Gasteiger partial charge in [-0.3, -0.25) is 19.2 Å². The van der Waals surface area contributed by atoms with E-state index in [0.717, 1.165) is 20.8 Å². The number of aliphatic hydroxyl groups is 1. The van der Waals surface area contributed by atoms with Gasteiger partial charge in [0, 0.05) is 25.7 Å². The van der Waals surface area contributed by atoms with Crippen molar-refractivity contribution in [1.82, 2.24) is 5.32 Å². The quantitative estimate of drug-likeness (QED) is 0.180. The molecule has 13 nitrogen and oxygen atoms in total. The van der Waals surface area contributed by atoms with E-state index in [-0.39, 0.29) is 0 Å². The van der Waals surface area contributed by atoms with Gasteiger partial charge in [-0.2, -0.15) is 0 Å². The molecule has 150 valence electrons. The lowest BCUT2D eigenvalue weighted by atomic mass is 9.96. The van der Waals surface area contributed by atoms with Crippen LogP contribution in [-0.2, 0) is 38.1 Å². The molecule has 27 heavy (non-hydrogen) atoms. The third-order valence-electron chi connectivity index (χ3n) is 3.33. The van der Waals surface area contributed by atoms with E-state index < -0.39 is 67.6 Å². The Morgan fingerprint density at radius 1 is 1.11 bits per heavy atom. The van der Waals surface area contributed by atoms with Gasteiger partial charge < -0.3 is 29.4 Å². The predicted octanol–water partition coefficient (Wildman–Crippen LogP) is -1.07. The van der Waals surface area contributed by atoms with E-state index in [1.54, 1.807) is 0 Å². The summed E-state index contributed by atoms with van der Waals surface area (Å²) in [6.07, 6.45) is -5.51. The fourth-order valence-electron chi connectivity index (χ4n) is 2.40. The number of hydrogen-bond acceptors (Lipinski definition) is 10. The van der Waals surface area contributed by atoms with E-state index in [0.29, 0.717) is 0 Å². The Morgan fingerprint density at radius 2 is 1.70 bits per heavy atom. The lowest BCUT2D eigenvalue weighted by molar-refractivity contribution is -0.264. The third-order valence-corrected chi connectivity index (χ3v) is 3.33. The van der Waals surface area contributed by atoms with E-state index in [1.807, 2.05) is 0 Å². The molecule has 0 bridgehead atoms. The van der Waals surface area contributed by atoms with E-state index in [1.165, 1.54) is 0 Å². The van der Waals surface area contributed by atoms with Crippen molar-refractivity contribution in [3.63, 3.8) is 0 Å². The molecule has 13 heteroatoms. The lowest BCUT2D eigenvalue weighted by Gasteiger charge is -2.43. The molecule has 1 fully saturated rings. The average molecular weight is 388 g/mol. The van der Waals surface area contributed by atoms with E-state index >= 15 is 0 Å². The molecule has 0 spiro atoms. The Morgan fingerprint density at radius 3 is 2.22 bits per heavy atom. The van der Waals surface area contributed by atoms with Gasteiger partial charge in [-0.15, -0.1) is 0 Å². The molecule has 1 amide bonds. The second kappa shape index (κ2) is 10.3. The topological polar surface area (TPSA) is 186 Å². The zero-order chi connectivity index (χ0) is 20.6. The van der Waals surface area contributed by atoms with Crippen molar-refractivity contribution >= 4 is 23.8 Å². The van der Waals surface area contributed by atoms with Gasteiger partial charge in [0.15, 0.2) is 18.5 Å². The number of azide groups is 1. The monoisotopic (exact) mass is 388 g/mol. The molecule has 5 atom stereocenters. The van der Waals surface area contributed by atoms with Crippen LogP contribution in [-0.4, -0.2) is 72.7 Å². The summed E-state index contributed by atoms with van der Waals surface area (Å²) in [6.45, 7) is 2.33. The number of hydrogen-bond donors (Lipinski definition) is 2. The third kappa shape index (κ3) is 7.09. The molecular weight excluding hydrogens is 368 g/mol. The van der Waals surface area contributed by atoms with Gasteiger partial charge in [0.25, 0.3) is 0 Å². The number of amides is 1. The maximum absolute atomic E-state index is 11.8. The summed E-state index contributed by atoms with van der Waals surface area (Å²) in [5.74, 6) is -2.99. The van der Waals surface area contributed by atoms with Crippen molar-refractivity contribution in [2.75, 3.05) is 13.2 Å². The molecule has 0 aromatic rings. The minimum Gasteiger partial charge on any atom is -0.463 e. The second-order valence-electron chi connectivity index (χ2n) is 5.50. The van der Waals surface area contributed by atoms with Crippen molar-refractivity contribution < 1.29 is 43.2 Å². The van der Waals surface area contributed by atoms with Crippen LogP contribution in [0.25, 0.3) is 10.4 Å². The summed E-state index contributed by atoms with van der Waals surface area (Å²) in [6, 6.07) is -1.34. The normalized spacial score (nSPS) is 26.9. The fourth-order valence-corrected chi connectivity index (χ4v) is 2.40. The van der Waals surface area contributed by atoms with Crippen LogP contribution in [0.4, 0.5) is 0 Å². The highest BCUT2D eigenvalue weighted by Crippen LogP contribution is 2.26. The Balaban J connectivity index is 3.12. The van der Waals surface area contributed by atoms with E-state index in [2.05, 4.69) is 15.3 Å². The number of nitrogens with zero attached hydrogens (tertiary/aromatic N) is 3. The highest BCUT2D eigenvalue weighted by molar-refractivity contribution is 5.78. The Hall–Kier alpha value is -2.89. The first-order valence-electron chi connectivity index (χ1n) is 7.77. The summed E-state index contributed by atoms with van der Waals surface area (Å²) in [4.78, 5) is 48.2. The van der Waals surface area contributed by atoms with Crippen LogP contribution in [0, 0.1) is 0 Å². The number of aliphatic hydroxyl groups excluding tert-OH is 1. The van der Waals surface area contributed by atoms with Crippen molar-refractivity contribution in [3.05, 3.63) is 10.4 Å². The molecule has 1 rings (SSSR count). The molecule has 1 aliphatic heterocycles. The fraction of sp³-hybridized carbons (Fsp3) is 0.714. The molecule has 0 radical (unpaired) electrons. The van der Waals surface area contributed by atoms with Crippen LogP contribution < -0.4 is 5.32 Å². The summed E-state index contributed by atoms with van der Waals surface area (Å²) in [5, 5.41) is 15.6.